The van der Waals surface area contributed by atoms with Gasteiger partial charge in [-0.15, -0.1) is 26.6 Å². The zero-order valence-electron chi connectivity index (χ0n) is 21.7. The van der Waals surface area contributed by atoms with E-state index in [2.05, 4.69) is 15.1 Å². The second-order valence-corrected chi connectivity index (χ2v) is 10.7. The fourth-order valence-corrected chi connectivity index (χ4v) is 5.65. The van der Waals surface area contributed by atoms with Crippen LogP contribution in [0.1, 0.15) is 34.0 Å². The van der Waals surface area contributed by atoms with Gasteiger partial charge in [-0.25, -0.2) is 13.5 Å². The molecule has 11 heteroatoms. The second-order valence-electron chi connectivity index (χ2n) is 9.70. The van der Waals surface area contributed by atoms with E-state index in [0.717, 1.165) is 35.7 Å². The van der Waals surface area contributed by atoms with Gasteiger partial charge in [-0.05, 0) is 60.2 Å². The van der Waals surface area contributed by atoms with Crippen molar-refractivity contribution in [3.05, 3.63) is 100 Å². The molecule has 1 aliphatic heterocycles. The molecule has 0 radical (unpaired) electrons. The lowest BCUT2D eigenvalue weighted by Crippen LogP contribution is -2.47. The highest BCUT2D eigenvalue weighted by Crippen LogP contribution is 2.28. The Morgan fingerprint density at radius 2 is 1.90 bits per heavy atom. The fraction of sp³-hybridized carbons (Fsp3) is 0.241. The minimum atomic E-state index is -0.846. The first-order chi connectivity index (χ1) is 19.4. The van der Waals surface area contributed by atoms with Crippen LogP contribution >= 0.6 is 11.3 Å². The van der Waals surface area contributed by atoms with Gasteiger partial charge in [-0.3, -0.25) is 14.6 Å². The number of rotatable bonds is 7. The predicted octanol–water partition coefficient (Wildman–Crippen LogP) is 5.88. The first-order valence-electron chi connectivity index (χ1n) is 12.9. The summed E-state index contributed by atoms with van der Waals surface area (Å²) in [6, 6.07) is 17.1. The fourth-order valence-electron chi connectivity index (χ4n) is 4.99. The van der Waals surface area contributed by atoms with Gasteiger partial charge in [0.05, 0.1) is 10.6 Å². The largest absolute Gasteiger partial charge is 0.421 e. The van der Waals surface area contributed by atoms with E-state index in [1.807, 2.05) is 54.0 Å². The number of carbonyl (C=O) groups is 1. The standard InChI is InChI=1S/C29H26F2N6O2S/c1-19-32-33-28(39-19)21-4-2-5-23(17-21)36-14-11-27(34-36)37(29(38)26-6-3-15-40-26)22-9-12-35(13-10-22)18-20-7-8-24(30)25(31)16-20/h2-8,11,14-17,22H,9-10,12-13,18H2,1H3. The number of benzene rings is 2. The summed E-state index contributed by atoms with van der Waals surface area (Å²) in [5, 5.41) is 14.7. The number of likely N-dealkylation sites (tertiary alicyclic amines) is 1. The molecule has 2 aromatic carbocycles. The quantitative estimate of drug-likeness (QED) is 0.247. The Morgan fingerprint density at radius 3 is 2.62 bits per heavy atom. The highest BCUT2D eigenvalue weighted by molar-refractivity contribution is 7.12. The lowest BCUT2D eigenvalue weighted by atomic mass is 10.0. The molecule has 6 rings (SSSR count). The van der Waals surface area contributed by atoms with Gasteiger partial charge < -0.3 is 4.42 Å². The normalized spacial score (nSPS) is 14.5. The molecule has 0 unspecified atom stereocenters. The van der Waals surface area contributed by atoms with Crippen LogP contribution in [0, 0.1) is 18.6 Å². The number of halogens is 2. The van der Waals surface area contributed by atoms with Crippen molar-refractivity contribution >= 4 is 23.1 Å². The summed E-state index contributed by atoms with van der Waals surface area (Å²) in [6.45, 7) is 3.69. The Morgan fingerprint density at radius 1 is 1.05 bits per heavy atom. The molecular weight excluding hydrogens is 534 g/mol. The van der Waals surface area contributed by atoms with E-state index in [0.29, 0.717) is 42.1 Å². The third-order valence-corrected chi connectivity index (χ3v) is 7.83. The molecule has 0 spiro atoms. The third-order valence-electron chi connectivity index (χ3n) is 6.97. The maximum absolute atomic E-state index is 13.7. The van der Waals surface area contributed by atoms with E-state index in [9.17, 15) is 13.6 Å². The summed E-state index contributed by atoms with van der Waals surface area (Å²) >= 11 is 1.40. The van der Waals surface area contributed by atoms with Gasteiger partial charge >= 0.3 is 0 Å². The van der Waals surface area contributed by atoms with Crippen LogP contribution in [-0.2, 0) is 6.54 Å². The van der Waals surface area contributed by atoms with Gasteiger partial charge in [0.2, 0.25) is 11.8 Å². The molecule has 0 atom stereocenters. The molecule has 0 aliphatic carbocycles. The number of thiophene rings is 1. The van der Waals surface area contributed by atoms with Crippen LogP contribution in [0.15, 0.2) is 76.7 Å². The summed E-state index contributed by atoms with van der Waals surface area (Å²) in [4.78, 5) is 18.3. The van der Waals surface area contributed by atoms with Crippen LogP contribution in [0.2, 0.25) is 0 Å². The van der Waals surface area contributed by atoms with Crippen molar-refractivity contribution < 1.29 is 18.0 Å². The molecular formula is C29H26F2N6O2S. The highest BCUT2D eigenvalue weighted by Gasteiger charge is 2.32. The molecule has 204 valence electrons. The second kappa shape index (κ2) is 11.1. The van der Waals surface area contributed by atoms with E-state index in [4.69, 9.17) is 9.52 Å². The van der Waals surface area contributed by atoms with Crippen molar-refractivity contribution in [3.63, 3.8) is 0 Å². The first kappa shape index (κ1) is 26.0. The Labute approximate surface area is 233 Å². The maximum Gasteiger partial charge on any atom is 0.269 e. The maximum atomic E-state index is 13.7. The van der Waals surface area contributed by atoms with Crippen LogP contribution < -0.4 is 4.90 Å². The number of hydrogen-bond donors (Lipinski definition) is 0. The van der Waals surface area contributed by atoms with Crippen molar-refractivity contribution in [2.24, 2.45) is 0 Å². The molecule has 1 saturated heterocycles. The molecule has 5 aromatic rings. The van der Waals surface area contributed by atoms with Crippen molar-refractivity contribution in [1.82, 2.24) is 24.9 Å². The van der Waals surface area contributed by atoms with Gasteiger partial charge in [-0.2, -0.15) is 0 Å². The van der Waals surface area contributed by atoms with Crippen molar-refractivity contribution in [2.45, 2.75) is 32.4 Å². The summed E-state index contributed by atoms with van der Waals surface area (Å²) in [5.41, 5.74) is 2.29. The number of anilines is 1. The SMILES string of the molecule is Cc1nnc(-c2cccc(-n3ccc(N(C(=O)c4cccs4)C4CCN(Cc5ccc(F)c(F)c5)CC4)n3)c2)o1. The van der Waals surface area contributed by atoms with Gasteiger partial charge in [0.25, 0.3) is 5.91 Å². The molecule has 0 bridgehead atoms. The molecule has 1 amide bonds. The average Bonchev–Trinajstić information content (AvgIpc) is 3.75. The number of piperidine rings is 1. The highest BCUT2D eigenvalue weighted by atomic mass is 32.1. The van der Waals surface area contributed by atoms with Crippen LogP contribution in [-0.4, -0.2) is 49.9 Å². The van der Waals surface area contributed by atoms with Gasteiger partial charge in [0, 0.05) is 50.4 Å². The van der Waals surface area contributed by atoms with Crippen LogP contribution in [0.4, 0.5) is 14.6 Å². The number of aromatic nitrogens is 4. The smallest absolute Gasteiger partial charge is 0.269 e. The van der Waals surface area contributed by atoms with E-state index < -0.39 is 11.6 Å². The number of amides is 1. The Bertz CT molecular complexity index is 1620. The van der Waals surface area contributed by atoms with E-state index in [1.165, 1.54) is 17.4 Å². The summed E-state index contributed by atoms with van der Waals surface area (Å²) in [6.07, 6.45) is 3.28. The Hall–Kier alpha value is -4.22. The van der Waals surface area contributed by atoms with Crippen LogP contribution in [0.3, 0.4) is 0 Å². The summed E-state index contributed by atoms with van der Waals surface area (Å²) in [7, 11) is 0. The third kappa shape index (κ3) is 5.43. The molecule has 0 N–H and O–H groups in total. The average molecular weight is 561 g/mol. The molecule has 1 fully saturated rings. The monoisotopic (exact) mass is 560 g/mol. The summed E-state index contributed by atoms with van der Waals surface area (Å²) < 4.78 is 34.3. The number of aryl methyl sites for hydroxylation is 1. The van der Waals surface area contributed by atoms with Crippen molar-refractivity contribution in [3.8, 4) is 17.1 Å². The number of carbonyl (C=O) groups excluding carboxylic acids is 1. The minimum absolute atomic E-state index is 0.0631. The lowest BCUT2D eigenvalue weighted by molar-refractivity contribution is 0.0961. The predicted molar refractivity (Wildman–Crippen MR) is 147 cm³/mol. The van der Waals surface area contributed by atoms with Gasteiger partial charge in [-0.1, -0.05) is 18.2 Å². The van der Waals surface area contributed by atoms with Gasteiger partial charge in [0.15, 0.2) is 17.5 Å². The van der Waals surface area contributed by atoms with E-state index >= 15 is 0 Å². The molecule has 0 saturated carbocycles. The van der Waals surface area contributed by atoms with Crippen LogP contribution in [0.25, 0.3) is 17.1 Å². The minimum Gasteiger partial charge on any atom is -0.421 e. The topological polar surface area (TPSA) is 80.3 Å². The first-order valence-corrected chi connectivity index (χ1v) is 13.8. The van der Waals surface area contributed by atoms with E-state index in [1.54, 1.807) is 22.6 Å². The zero-order chi connectivity index (χ0) is 27.6. The number of nitrogens with zero attached hydrogens (tertiary/aromatic N) is 6. The van der Waals surface area contributed by atoms with Crippen molar-refractivity contribution in [2.75, 3.05) is 18.0 Å². The number of hydrogen-bond acceptors (Lipinski definition) is 7. The molecule has 4 heterocycles. The summed E-state index contributed by atoms with van der Waals surface area (Å²) in [5.74, 6) is -0.294. The molecule has 40 heavy (non-hydrogen) atoms. The molecule has 3 aromatic heterocycles. The zero-order valence-corrected chi connectivity index (χ0v) is 22.5. The lowest BCUT2D eigenvalue weighted by Gasteiger charge is -2.37. The van der Waals surface area contributed by atoms with E-state index in [-0.39, 0.29) is 11.9 Å². The van der Waals surface area contributed by atoms with Crippen molar-refractivity contribution in [1.29, 1.82) is 0 Å². The Balaban J connectivity index is 1.22. The Kier molecular flexibility index (Phi) is 7.23. The van der Waals surface area contributed by atoms with Crippen LogP contribution in [0.5, 0.6) is 0 Å². The molecule has 1 aliphatic rings. The molecule has 8 nitrogen and oxygen atoms in total. The van der Waals surface area contributed by atoms with Gasteiger partial charge in [0.1, 0.15) is 0 Å².